The summed E-state index contributed by atoms with van der Waals surface area (Å²) < 4.78 is 0. The molecule has 1 heterocycles. The zero-order valence-corrected chi connectivity index (χ0v) is 4.43. The Morgan fingerprint density at radius 2 is 1.67 bits per heavy atom. The molecule has 9 heavy (non-hydrogen) atoms. The summed E-state index contributed by atoms with van der Waals surface area (Å²) in [4.78, 5) is 30.9. The van der Waals surface area contributed by atoms with E-state index >= 15 is 0 Å². The van der Waals surface area contributed by atoms with Crippen molar-refractivity contribution in [3.05, 3.63) is 12.3 Å². The standard InChI is InChI=1S/C5H3NO3/c1-2-3(7)4(8)5(9)6-2/h1H2,(H,6,9). The van der Waals surface area contributed by atoms with Crippen LogP contribution in [0.25, 0.3) is 0 Å². The summed E-state index contributed by atoms with van der Waals surface area (Å²) in [6.07, 6.45) is 0. The quantitative estimate of drug-likeness (QED) is 0.325. The molecule has 0 aromatic rings. The predicted molar refractivity (Wildman–Crippen MR) is 27.3 cm³/mol. The SMILES string of the molecule is C=C1NC(=O)C(=O)C1=O. The molecular formula is C5H3NO3. The minimum absolute atomic E-state index is 0.134. The van der Waals surface area contributed by atoms with Gasteiger partial charge in [0.15, 0.2) is 0 Å². The average molecular weight is 125 g/mol. The van der Waals surface area contributed by atoms with Gasteiger partial charge in [0.05, 0.1) is 5.70 Å². The Labute approximate surface area is 50.5 Å². The van der Waals surface area contributed by atoms with Gasteiger partial charge in [0.25, 0.3) is 11.6 Å². The zero-order valence-electron chi connectivity index (χ0n) is 4.43. The van der Waals surface area contributed by atoms with E-state index in [1.54, 1.807) is 0 Å². The Kier molecular flexibility index (Phi) is 0.955. The number of allylic oxidation sites excluding steroid dienone is 1. The highest BCUT2D eigenvalue weighted by Crippen LogP contribution is 1.97. The summed E-state index contributed by atoms with van der Waals surface area (Å²) in [5.74, 6) is -2.75. The summed E-state index contributed by atoms with van der Waals surface area (Å²) in [5, 5.41) is 1.98. The van der Waals surface area contributed by atoms with Crippen molar-refractivity contribution in [2.24, 2.45) is 0 Å². The van der Waals surface area contributed by atoms with Crippen molar-refractivity contribution in [3.8, 4) is 0 Å². The van der Waals surface area contributed by atoms with E-state index in [0.29, 0.717) is 0 Å². The van der Waals surface area contributed by atoms with Gasteiger partial charge in [-0.25, -0.2) is 0 Å². The largest absolute Gasteiger partial charge is 0.316 e. The van der Waals surface area contributed by atoms with Crippen molar-refractivity contribution < 1.29 is 14.4 Å². The summed E-state index contributed by atoms with van der Waals surface area (Å²) in [6, 6.07) is 0. The molecule has 0 aromatic carbocycles. The van der Waals surface area contributed by atoms with Crippen LogP contribution in [-0.4, -0.2) is 17.5 Å². The average Bonchev–Trinajstić information content (AvgIpc) is 1.98. The number of hydrogen-bond donors (Lipinski definition) is 1. The summed E-state index contributed by atoms with van der Waals surface area (Å²) in [6.45, 7) is 3.13. The Morgan fingerprint density at radius 3 is 1.78 bits per heavy atom. The van der Waals surface area contributed by atoms with Gasteiger partial charge in [-0.15, -0.1) is 0 Å². The zero-order chi connectivity index (χ0) is 7.02. The normalized spacial score (nSPS) is 18.7. The molecule has 0 radical (unpaired) electrons. The van der Waals surface area contributed by atoms with Gasteiger partial charge in [0, 0.05) is 0 Å². The molecule has 1 saturated heterocycles. The first-order chi connectivity index (χ1) is 4.13. The number of Topliss-reactive ketones (excluding diaryl/α,β-unsaturated/α-hetero) is 2. The molecule has 0 bridgehead atoms. The van der Waals surface area contributed by atoms with Gasteiger partial charge in [-0.2, -0.15) is 0 Å². The molecular weight excluding hydrogens is 122 g/mol. The molecule has 0 atom stereocenters. The predicted octanol–water partition coefficient (Wildman–Crippen LogP) is -1.23. The summed E-state index contributed by atoms with van der Waals surface area (Å²) in [5.41, 5.74) is -0.134. The van der Waals surface area contributed by atoms with Crippen LogP contribution >= 0.6 is 0 Å². The Bertz CT molecular complexity index is 204. The fourth-order valence-electron chi connectivity index (χ4n) is 0.491. The molecule has 0 unspecified atom stereocenters. The molecule has 0 aliphatic carbocycles. The van der Waals surface area contributed by atoms with Gasteiger partial charge in [-0.3, -0.25) is 14.4 Å². The van der Waals surface area contributed by atoms with Crippen LogP contribution in [0.15, 0.2) is 12.3 Å². The Morgan fingerprint density at radius 1 is 1.11 bits per heavy atom. The number of carbonyl (C=O) groups excluding carboxylic acids is 3. The monoisotopic (exact) mass is 125 g/mol. The van der Waals surface area contributed by atoms with E-state index in [4.69, 9.17) is 0 Å². The van der Waals surface area contributed by atoms with Crippen molar-refractivity contribution in [1.82, 2.24) is 5.32 Å². The maximum atomic E-state index is 10.4. The van der Waals surface area contributed by atoms with Crippen LogP contribution in [0.1, 0.15) is 0 Å². The number of nitrogens with one attached hydrogen (secondary N) is 1. The van der Waals surface area contributed by atoms with E-state index in [2.05, 4.69) is 6.58 Å². The first-order valence-corrected chi connectivity index (χ1v) is 2.22. The van der Waals surface area contributed by atoms with Crippen LogP contribution in [0.3, 0.4) is 0 Å². The van der Waals surface area contributed by atoms with Crippen molar-refractivity contribution >= 4 is 17.5 Å². The van der Waals surface area contributed by atoms with Crippen LogP contribution in [0.5, 0.6) is 0 Å². The third-order valence-electron chi connectivity index (χ3n) is 0.951. The van der Waals surface area contributed by atoms with E-state index in [9.17, 15) is 14.4 Å². The van der Waals surface area contributed by atoms with Crippen LogP contribution in [-0.2, 0) is 14.4 Å². The molecule has 4 heteroatoms. The molecule has 46 valence electrons. The highest BCUT2D eigenvalue weighted by atomic mass is 16.2. The van der Waals surface area contributed by atoms with Gasteiger partial charge in [-0.05, 0) is 0 Å². The lowest BCUT2D eigenvalue weighted by atomic mass is 10.3. The lowest BCUT2D eigenvalue weighted by Crippen LogP contribution is -2.18. The van der Waals surface area contributed by atoms with Gasteiger partial charge in [0.1, 0.15) is 0 Å². The van der Waals surface area contributed by atoms with Crippen molar-refractivity contribution in [1.29, 1.82) is 0 Å². The molecule has 0 spiro atoms. The van der Waals surface area contributed by atoms with Crippen molar-refractivity contribution in [2.45, 2.75) is 0 Å². The second-order valence-electron chi connectivity index (χ2n) is 1.59. The van der Waals surface area contributed by atoms with Crippen LogP contribution in [0.2, 0.25) is 0 Å². The minimum atomic E-state index is -1.03. The first-order valence-electron chi connectivity index (χ1n) is 2.22. The summed E-state index contributed by atoms with van der Waals surface area (Å²) in [7, 11) is 0. The number of hydrogen-bond acceptors (Lipinski definition) is 3. The fraction of sp³-hybridized carbons (Fsp3) is 0. The van der Waals surface area contributed by atoms with Crippen molar-refractivity contribution in [2.75, 3.05) is 0 Å². The number of rotatable bonds is 0. The topological polar surface area (TPSA) is 63.2 Å². The van der Waals surface area contributed by atoms with Gasteiger partial charge < -0.3 is 5.32 Å². The number of carbonyl (C=O) groups is 3. The third-order valence-corrected chi connectivity index (χ3v) is 0.951. The highest BCUT2D eigenvalue weighted by molar-refractivity contribution is 6.70. The molecule has 1 aliphatic heterocycles. The minimum Gasteiger partial charge on any atom is -0.316 e. The number of ketones is 2. The van der Waals surface area contributed by atoms with E-state index in [1.807, 2.05) is 5.32 Å². The molecule has 0 saturated carbocycles. The molecule has 1 fully saturated rings. The fourth-order valence-corrected chi connectivity index (χ4v) is 0.491. The molecule has 1 N–H and O–H groups in total. The summed E-state index contributed by atoms with van der Waals surface area (Å²) >= 11 is 0. The number of amides is 1. The third kappa shape index (κ3) is 0.641. The van der Waals surface area contributed by atoms with Gasteiger partial charge in [-0.1, -0.05) is 6.58 Å². The van der Waals surface area contributed by atoms with Crippen molar-refractivity contribution in [3.63, 3.8) is 0 Å². The van der Waals surface area contributed by atoms with Crippen LogP contribution in [0.4, 0.5) is 0 Å². The highest BCUT2D eigenvalue weighted by Gasteiger charge is 2.33. The molecule has 1 aliphatic rings. The van der Waals surface area contributed by atoms with Gasteiger partial charge >= 0.3 is 5.91 Å². The lowest BCUT2D eigenvalue weighted by Gasteiger charge is -1.82. The van der Waals surface area contributed by atoms with E-state index in [0.717, 1.165) is 0 Å². The molecule has 1 rings (SSSR count). The van der Waals surface area contributed by atoms with E-state index in [-0.39, 0.29) is 5.70 Å². The maximum absolute atomic E-state index is 10.4. The second-order valence-corrected chi connectivity index (χ2v) is 1.59. The molecule has 0 aromatic heterocycles. The maximum Gasteiger partial charge on any atom is 0.300 e. The Hall–Kier alpha value is -1.45. The van der Waals surface area contributed by atoms with Gasteiger partial charge in [0.2, 0.25) is 0 Å². The van der Waals surface area contributed by atoms with Crippen LogP contribution in [0, 0.1) is 0 Å². The molecule has 1 amide bonds. The smallest absolute Gasteiger partial charge is 0.300 e. The molecule has 4 nitrogen and oxygen atoms in total. The Balaban J connectivity index is 3.04. The second kappa shape index (κ2) is 1.51. The lowest BCUT2D eigenvalue weighted by molar-refractivity contribution is -0.140. The first kappa shape index (κ1) is 5.68. The van der Waals surface area contributed by atoms with E-state index in [1.165, 1.54) is 0 Å². The van der Waals surface area contributed by atoms with E-state index < -0.39 is 17.5 Å². The van der Waals surface area contributed by atoms with Crippen LogP contribution < -0.4 is 5.32 Å².